The number of hydrogen-bond donors (Lipinski definition) is 1. The maximum absolute atomic E-state index is 11.9. The molecule has 1 N–H and O–H groups in total. The van der Waals surface area contributed by atoms with Crippen LogP contribution in [0.5, 0.6) is 0 Å². The first-order valence-corrected chi connectivity index (χ1v) is 5.87. The molecule has 4 rings (SSSR count). The van der Waals surface area contributed by atoms with E-state index in [1.165, 1.54) is 4.90 Å². The van der Waals surface area contributed by atoms with Crippen LogP contribution in [0, 0.1) is 11.8 Å². The number of carbonyl (C=O) groups is 2. The molecule has 1 atom stereocenters. The fraction of sp³-hybridized carbons (Fsp3) is 0.818. The molecule has 0 aromatic carbocycles. The van der Waals surface area contributed by atoms with Crippen molar-refractivity contribution < 1.29 is 9.59 Å². The number of nitrogens with zero attached hydrogens (tertiary/aromatic N) is 1. The van der Waals surface area contributed by atoms with E-state index >= 15 is 0 Å². The number of fused-ring (bicyclic) bond motifs is 2. The number of carbonyl (C=O) groups excluding carboxylic acids is 2. The van der Waals surface area contributed by atoms with Gasteiger partial charge >= 0.3 is 0 Å². The normalized spacial score (nSPS) is 40.3. The Morgan fingerprint density at radius 2 is 1.73 bits per heavy atom. The number of rotatable bonds is 1. The Kier molecular flexibility index (Phi) is 2.06. The summed E-state index contributed by atoms with van der Waals surface area (Å²) in [6.07, 6.45) is 4.80. The average molecular weight is 208 g/mol. The topological polar surface area (TPSA) is 49.4 Å². The van der Waals surface area contributed by atoms with Gasteiger partial charge in [-0.3, -0.25) is 19.8 Å². The lowest BCUT2D eigenvalue weighted by atomic mass is 9.69. The molecule has 3 aliphatic heterocycles. The fourth-order valence-corrected chi connectivity index (χ4v) is 2.88. The van der Waals surface area contributed by atoms with Crippen LogP contribution >= 0.6 is 0 Å². The molecule has 1 saturated carbocycles. The molecule has 0 spiro atoms. The minimum atomic E-state index is -0.00986. The zero-order valence-corrected chi connectivity index (χ0v) is 8.74. The standard InChI is InChI=1S/C11H16N2O2/c14-10-7-5-8(6-7)11(15)13(10)9-3-1-2-4-12-9/h7-9,12H,1-6H2. The van der Waals surface area contributed by atoms with Crippen molar-refractivity contribution in [1.29, 1.82) is 0 Å². The number of hydrogen-bond acceptors (Lipinski definition) is 3. The van der Waals surface area contributed by atoms with Gasteiger partial charge in [-0.15, -0.1) is 0 Å². The number of piperidine rings is 3. The van der Waals surface area contributed by atoms with Crippen LogP contribution in [0.1, 0.15) is 32.1 Å². The molecule has 3 saturated heterocycles. The molecule has 4 aliphatic rings. The van der Waals surface area contributed by atoms with Crippen molar-refractivity contribution in [3.05, 3.63) is 0 Å². The summed E-state index contributed by atoms with van der Waals surface area (Å²) < 4.78 is 0. The summed E-state index contributed by atoms with van der Waals surface area (Å²) >= 11 is 0. The second-order valence-electron chi connectivity index (χ2n) is 4.88. The quantitative estimate of drug-likeness (QED) is 0.638. The molecular formula is C11H16N2O2. The van der Waals surface area contributed by atoms with Gasteiger partial charge in [0, 0.05) is 11.8 Å². The zero-order valence-electron chi connectivity index (χ0n) is 8.74. The third-order valence-electron chi connectivity index (χ3n) is 3.91. The summed E-state index contributed by atoms with van der Waals surface area (Å²) in [6.45, 7) is 0.928. The molecule has 2 bridgehead atoms. The van der Waals surface area contributed by atoms with Crippen LogP contribution in [0.25, 0.3) is 0 Å². The predicted octanol–water partition coefficient (Wildman–Crippen LogP) is 0.481. The molecular weight excluding hydrogens is 192 g/mol. The van der Waals surface area contributed by atoms with Crippen molar-refractivity contribution in [3.63, 3.8) is 0 Å². The molecule has 1 aliphatic carbocycles. The third kappa shape index (κ3) is 1.31. The van der Waals surface area contributed by atoms with E-state index in [4.69, 9.17) is 0 Å². The van der Waals surface area contributed by atoms with Crippen LogP contribution in [-0.2, 0) is 9.59 Å². The largest absolute Gasteiger partial charge is 0.297 e. The predicted molar refractivity (Wildman–Crippen MR) is 53.7 cm³/mol. The second kappa shape index (κ2) is 3.30. The van der Waals surface area contributed by atoms with Gasteiger partial charge in [0.2, 0.25) is 11.8 Å². The number of amides is 2. The van der Waals surface area contributed by atoms with Crippen LogP contribution < -0.4 is 5.32 Å². The summed E-state index contributed by atoms with van der Waals surface area (Å²) in [6, 6.07) is 0. The smallest absolute Gasteiger partial charge is 0.233 e. The van der Waals surface area contributed by atoms with Gasteiger partial charge < -0.3 is 0 Å². The molecule has 4 nitrogen and oxygen atoms in total. The molecule has 0 radical (unpaired) electrons. The summed E-state index contributed by atoms with van der Waals surface area (Å²) in [7, 11) is 0. The van der Waals surface area contributed by atoms with E-state index in [-0.39, 0.29) is 29.8 Å². The van der Waals surface area contributed by atoms with Gasteiger partial charge in [0.1, 0.15) is 0 Å². The lowest BCUT2D eigenvalue weighted by Crippen LogP contribution is -2.63. The Morgan fingerprint density at radius 1 is 1.07 bits per heavy atom. The molecule has 4 fully saturated rings. The van der Waals surface area contributed by atoms with Crippen LogP contribution in [0.3, 0.4) is 0 Å². The molecule has 4 heteroatoms. The van der Waals surface area contributed by atoms with Crippen molar-refractivity contribution in [2.45, 2.75) is 38.3 Å². The Morgan fingerprint density at radius 3 is 2.27 bits per heavy atom. The molecule has 15 heavy (non-hydrogen) atoms. The molecule has 0 aromatic heterocycles. The molecule has 0 aromatic rings. The summed E-state index contributed by atoms with van der Waals surface area (Å²) in [5, 5.41) is 3.28. The molecule has 2 amide bonds. The van der Waals surface area contributed by atoms with E-state index in [0.717, 1.165) is 38.6 Å². The van der Waals surface area contributed by atoms with Gasteiger partial charge in [0.25, 0.3) is 0 Å². The van der Waals surface area contributed by atoms with Gasteiger partial charge in [-0.05, 0) is 38.6 Å². The summed E-state index contributed by atoms with van der Waals surface area (Å²) in [4.78, 5) is 25.4. The van der Waals surface area contributed by atoms with Crippen LogP contribution in [0.2, 0.25) is 0 Å². The van der Waals surface area contributed by atoms with Crippen LogP contribution in [-0.4, -0.2) is 29.4 Å². The number of nitrogens with one attached hydrogen (secondary N) is 1. The maximum atomic E-state index is 11.9. The SMILES string of the molecule is O=C1C2CC(C2)C(=O)N1C1CCCCN1. The van der Waals surface area contributed by atoms with Gasteiger partial charge in [0.05, 0.1) is 6.17 Å². The number of imide groups is 1. The Hall–Kier alpha value is -0.900. The highest BCUT2D eigenvalue weighted by Gasteiger charge is 2.51. The Balaban J connectivity index is 1.78. The van der Waals surface area contributed by atoms with Crippen molar-refractivity contribution in [1.82, 2.24) is 10.2 Å². The van der Waals surface area contributed by atoms with Crippen molar-refractivity contribution >= 4 is 11.8 Å². The highest BCUT2D eigenvalue weighted by atomic mass is 16.2. The van der Waals surface area contributed by atoms with Crippen molar-refractivity contribution in [2.75, 3.05) is 6.54 Å². The first-order chi connectivity index (χ1) is 7.27. The second-order valence-corrected chi connectivity index (χ2v) is 4.88. The van der Waals surface area contributed by atoms with Crippen molar-refractivity contribution in [2.24, 2.45) is 11.8 Å². The molecule has 3 heterocycles. The summed E-state index contributed by atoms with van der Waals surface area (Å²) in [5.74, 6) is 0.441. The van der Waals surface area contributed by atoms with Crippen molar-refractivity contribution in [3.8, 4) is 0 Å². The van der Waals surface area contributed by atoms with Crippen LogP contribution in [0.4, 0.5) is 0 Å². The lowest BCUT2D eigenvalue weighted by molar-refractivity contribution is -0.169. The maximum Gasteiger partial charge on any atom is 0.233 e. The Labute approximate surface area is 89.0 Å². The first-order valence-electron chi connectivity index (χ1n) is 5.87. The van der Waals surface area contributed by atoms with Gasteiger partial charge in [-0.2, -0.15) is 0 Å². The highest BCUT2D eigenvalue weighted by molar-refractivity contribution is 6.03. The fourth-order valence-electron chi connectivity index (χ4n) is 2.88. The highest BCUT2D eigenvalue weighted by Crippen LogP contribution is 2.42. The van der Waals surface area contributed by atoms with E-state index in [9.17, 15) is 9.59 Å². The van der Waals surface area contributed by atoms with E-state index in [2.05, 4.69) is 5.32 Å². The lowest BCUT2D eigenvalue weighted by Gasteiger charge is -2.47. The average Bonchev–Trinajstić information content (AvgIpc) is 2.16. The van der Waals surface area contributed by atoms with E-state index < -0.39 is 0 Å². The first kappa shape index (κ1) is 9.33. The zero-order chi connectivity index (χ0) is 10.4. The van der Waals surface area contributed by atoms with E-state index in [1.807, 2.05) is 0 Å². The van der Waals surface area contributed by atoms with Crippen LogP contribution in [0.15, 0.2) is 0 Å². The van der Waals surface area contributed by atoms with E-state index in [1.54, 1.807) is 0 Å². The Bertz CT molecular complexity index is 284. The minimum Gasteiger partial charge on any atom is -0.297 e. The van der Waals surface area contributed by atoms with Gasteiger partial charge in [-0.25, -0.2) is 0 Å². The monoisotopic (exact) mass is 208 g/mol. The molecule has 82 valence electrons. The third-order valence-corrected chi connectivity index (χ3v) is 3.91. The van der Waals surface area contributed by atoms with Gasteiger partial charge in [0.15, 0.2) is 0 Å². The minimum absolute atomic E-state index is 0.00986. The van der Waals surface area contributed by atoms with E-state index in [0.29, 0.717) is 0 Å². The van der Waals surface area contributed by atoms with Gasteiger partial charge in [-0.1, -0.05) is 0 Å². The molecule has 1 unspecified atom stereocenters. The summed E-state index contributed by atoms with van der Waals surface area (Å²) in [5.41, 5.74) is 0.